The first-order chi connectivity index (χ1) is 16.7. The lowest BCUT2D eigenvalue weighted by Crippen LogP contribution is -2.41. The Labute approximate surface area is 200 Å². The number of benzene rings is 3. The second kappa shape index (κ2) is 9.64. The first kappa shape index (κ1) is 22.1. The fourth-order valence-corrected chi connectivity index (χ4v) is 5.03. The molecule has 1 aromatic heterocycles. The number of ether oxygens (including phenoxy) is 2. The summed E-state index contributed by atoms with van der Waals surface area (Å²) in [5.74, 6) is 1.43. The van der Waals surface area contributed by atoms with Gasteiger partial charge in [0.15, 0.2) is 11.5 Å². The van der Waals surface area contributed by atoms with Crippen LogP contribution in [0.5, 0.6) is 11.5 Å². The first-order valence-corrected chi connectivity index (χ1v) is 12.0. The van der Waals surface area contributed by atoms with Crippen LogP contribution in [0.3, 0.4) is 0 Å². The molecule has 2 heterocycles. The van der Waals surface area contributed by atoms with Gasteiger partial charge in [-0.15, -0.1) is 0 Å². The van der Waals surface area contributed by atoms with E-state index in [2.05, 4.69) is 35.3 Å². The Morgan fingerprint density at radius 3 is 2.50 bits per heavy atom. The molecule has 4 aromatic rings. The zero-order chi connectivity index (χ0) is 23.5. The lowest BCUT2D eigenvalue weighted by molar-refractivity contribution is -0.132. The van der Waals surface area contributed by atoms with Crippen LogP contribution >= 0.6 is 0 Å². The second-order valence-corrected chi connectivity index (χ2v) is 8.50. The summed E-state index contributed by atoms with van der Waals surface area (Å²) in [6.45, 7) is 5.62. The van der Waals surface area contributed by atoms with Crippen molar-refractivity contribution in [3.63, 3.8) is 0 Å². The number of H-pyrrole nitrogens is 1. The molecule has 1 aliphatic heterocycles. The Balaban J connectivity index is 1.53. The van der Waals surface area contributed by atoms with Gasteiger partial charge in [-0.25, -0.2) is 0 Å². The van der Waals surface area contributed by atoms with Crippen molar-refractivity contribution in [1.29, 1.82) is 0 Å². The highest BCUT2D eigenvalue weighted by Gasteiger charge is 2.34. The number of para-hydroxylation sites is 2. The van der Waals surface area contributed by atoms with Gasteiger partial charge in [-0.05, 0) is 43.5 Å². The molecule has 0 radical (unpaired) electrons. The number of carbonyl (C=O) groups excluding carboxylic acids is 1. The molecule has 0 aliphatic carbocycles. The molecule has 5 nitrogen and oxygen atoms in total. The van der Waals surface area contributed by atoms with E-state index in [4.69, 9.17) is 9.47 Å². The van der Waals surface area contributed by atoms with Gasteiger partial charge in [0.2, 0.25) is 5.91 Å². The van der Waals surface area contributed by atoms with Crippen LogP contribution in [0, 0.1) is 0 Å². The van der Waals surface area contributed by atoms with Crippen molar-refractivity contribution in [2.24, 2.45) is 0 Å². The van der Waals surface area contributed by atoms with Crippen LogP contribution < -0.4 is 9.47 Å². The molecule has 1 N–H and O–H groups in total. The molecule has 174 valence electrons. The van der Waals surface area contributed by atoms with Gasteiger partial charge >= 0.3 is 0 Å². The zero-order valence-electron chi connectivity index (χ0n) is 19.7. The monoisotopic (exact) mass is 454 g/mol. The van der Waals surface area contributed by atoms with Gasteiger partial charge in [-0.2, -0.15) is 0 Å². The normalized spacial score (nSPS) is 15.2. The van der Waals surface area contributed by atoms with Crippen LogP contribution in [-0.4, -0.2) is 35.5 Å². The summed E-state index contributed by atoms with van der Waals surface area (Å²) in [6, 6.07) is 24.3. The molecule has 34 heavy (non-hydrogen) atoms. The van der Waals surface area contributed by atoms with Crippen LogP contribution in [0.4, 0.5) is 0 Å². The van der Waals surface area contributed by atoms with E-state index >= 15 is 0 Å². The molecule has 0 spiro atoms. The standard InChI is InChI=1S/C29H30N2O3/c1-3-33-25-16-10-13-21(29(25)34-4-2)19-26(32)31-18-17-23-22-14-8-9-15-24(22)30-27(23)28(31)20-11-6-5-7-12-20/h5-16,28,30H,3-4,17-19H2,1-2H3/t28-/m1/s1. The number of nitrogens with zero attached hydrogens (tertiary/aromatic N) is 1. The number of amides is 1. The van der Waals surface area contributed by atoms with E-state index in [9.17, 15) is 4.79 Å². The third-order valence-corrected chi connectivity index (χ3v) is 6.46. The summed E-state index contributed by atoms with van der Waals surface area (Å²) in [5, 5.41) is 1.24. The van der Waals surface area contributed by atoms with Crippen LogP contribution in [0.25, 0.3) is 10.9 Å². The Morgan fingerprint density at radius 2 is 1.71 bits per heavy atom. The minimum Gasteiger partial charge on any atom is -0.490 e. The van der Waals surface area contributed by atoms with E-state index in [1.165, 1.54) is 10.9 Å². The third kappa shape index (κ3) is 4.03. The molecule has 0 bridgehead atoms. The number of aromatic amines is 1. The smallest absolute Gasteiger partial charge is 0.227 e. The Kier molecular flexibility index (Phi) is 6.26. The van der Waals surface area contributed by atoms with Gasteiger partial charge in [-0.3, -0.25) is 4.79 Å². The van der Waals surface area contributed by atoms with E-state index in [-0.39, 0.29) is 18.4 Å². The van der Waals surface area contributed by atoms with Crippen molar-refractivity contribution >= 4 is 16.8 Å². The topological polar surface area (TPSA) is 54.6 Å². The largest absolute Gasteiger partial charge is 0.490 e. The Hall–Kier alpha value is -3.73. The van der Waals surface area contributed by atoms with Crippen LogP contribution in [0.15, 0.2) is 72.8 Å². The minimum absolute atomic E-state index is 0.0766. The number of nitrogens with one attached hydrogen (secondary N) is 1. The van der Waals surface area contributed by atoms with Crippen LogP contribution in [-0.2, 0) is 17.6 Å². The summed E-state index contributed by atoms with van der Waals surface area (Å²) >= 11 is 0. The summed E-state index contributed by atoms with van der Waals surface area (Å²) in [6.07, 6.45) is 1.08. The highest BCUT2D eigenvalue weighted by atomic mass is 16.5. The predicted molar refractivity (Wildman–Crippen MR) is 134 cm³/mol. The third-order valence-electron chi connectivity index (χ3n) is 6.46. The maximum absolute atomic E-state index is 13.8. The average molecular weight is 455 g/mol. The maximum atomic E-state index is 13.8. The summed E-state index contributed by atoms with van der Waals surface area (Å²) in [7, 11) is 0. The Bertz CT molecular complexity index is 1300. The van der Waals surface area contributed by atoms with E-state index in [0.29, 0.717) is 31.3 Å². The number of aromatic nitrogens is 1. The molecule has 0 fully saturated rings. The van der Waals surface area contributed by atoms with Gasteiger partial charge in [0.1, 0.15) is 0 Å². The van der Waals surface area contributed by atoms with Crippen molar-refractivity contribution in [2.45, 2.75) is 32.7 Å². The molecule has 0 saturated carbocycles. The van der Waals surface area contributed by atoms with Crippen molar-refractivity contribution in [3.05, 3.63) is 95.2 Å². The fourth-order valence-electron chi connectivity index (χ4n) is 5.03. The lowest BCUT2D eigenvalue weighted by Gasteiger charge is -2.36. The van der Waals surface area contributed by atoms with E-state index in [1.807, 2.05) is 61.2 Å². The van der Waals surface area contributed by atoms with Gasteiger partial charge in [0.05, 0.1) is 25.7 Å². The van der Waals surface area contributed by atoms with Crippen molar-refractivity contribution < 1.29 is 14.3 Å². The number of fused-ring (bicyclic) bond motifs is 3. The Morgan fingerprint density at radius 1 is 0.941 bits per heavy atom. The van der Waals surface area contributed by atoms with E-state index in [1.54, 1.807) is 0 Å². The minimum atomic E-state index is -0.157. The molecular formula is C29H30N2O3. The molecule has 5 heteroatoms. The summed E-state index contributed by atoms with van der Waals surface area (Å²) in [5.41, 5.74) is 5.50. The highest BCUT2D eigenvalue weighted by molar-refractivity contribution is 5.87. The van der Waals surface area contributed by atoms with E-state index < -0.39 is 0 Å². The number of hydrogen-bond donors (Lipinski definition) is 1. The summed E-state index contributed by atoms with van der Waals surface area (Å²) < 4.78 is 11.7. The SMILES string of the molecule is CCOc1cccc(CC(=O)N2CCc3c([nH]c4ccccc34)[C@H]2c2ccccc2)c1OCC. The number of hydrogen-bond acceptors (Lipinski definition) is 3. The predicted octanol–water partition coefficient (Wildman–Crippen LogP) is 5.68. The van der Waals surface area contributed by atoms with Crippen LogP contribution in [0.2, 0.25) is 0 Å². The van der Waals surface area contributed by atoms with Gasteiger partial charge in [0, 0.05) is 28.7 Å². The average Bonchev–Trinajstić information content (AvgIpc) is 3.25. The summed E-state index contributed by atoms with van der Waals surface area (Å²) in [4.78, 5) is 19.5. The molecule has 1 atom stereocenters. The molecule has 1 aliphatic rings. The quantitative estimate of drug-likeness (QED) is 0.391. The van der Waals surface area contributed by atoms with E-state index in [0.717, 1.165) is 28.8 Å². The zero-order valence-corrected chi connectivity index (χ0v) is 19.7. The number of rotatable bonds is 7. The second-order valence-electron chi connectivity index (χ2n) is 8.50. The molecule has 3 aromatic carbocycles. The van der Waals surface area contributed by atoms with Gasteiger partial charge in [-0.1, -0.05) is 60.7 Å². The number of carbonyl (C=O) groups is 1. The van der Waals surface area contributed by atoms with Crippen molar-refractivity contribution in [1.82, 2.24) is 9.88 Å². The van der Waals surface area contributed by atoms with Gasteiger partial charge in [0.25, 0.3) is 0 Å². The first-order valence-electron chi connectivity index (χ1n) is 12.0. The molecule has 1 amide bonds. The fraction of sp³-hybridized carbons (Fsp3) is 0.276. The molecule has 5 rings (SSSR count). The lowest BCUT2D eigenvalue weighted by atomic mass is 9.91. The molecule has 0 saturated heterocycles. The highest BCUT2D eigenvalue weighted by Crippen LogP contribution is 2.39. The maximum Gasteiger partial charge on any atom is 0.227 e. The molecule has 0 unspecified atom stereocenters. The van der Waals surface area contributed by atoms with Crippen molar-refractivity contribution in [3.8, 4) is 11.5 Å². The molecular weight excluding hydrogens is 424 g/mol. The van der Waals surface area contributed by atoms with Crippen molar-refractivity contribution in [2.75, 3.05) is 19.8 Å². The van der Waals surface area contributed by atoms with Crippen LogP contribution in [0.1, 0.15) is 42.3 Å². The van der Waals surface area contributed by atoms with Gasteiger partial charge < -0.3 is 19.4 Å².